The van der Waals surface area contributed by atoms with Crippen LogP contribution in [-0.4, -0.2) is 52.8 Å². The highest BCUT2D eigenvalue weighted by Crippen LogP contribution is 2.59. The van der Waals surface area contributed by atoms with Gasteiger partial charge in [-0.3, -0.25) is 4.79 Å². The molecule has 1 heterocycles. The smallest absolute Gasteiger partial charge is 0.429 e. The SMILES string of the molecule is CCOC(=O)N1[C@H]2C[C@](C)([C@@H]3C(=O)C(C(C)(C)C)=C[C@@H]32)N1C(=O)OCC. The topological polar surface area (TPSA) is 76.2 Å². The second-order valence-electron chi connectivity index (χ2n) is 8.43. The van der Waals surface area contributed by atoms with Gasteiger partial charge in [0.1, 0.15) is 0 Å². The Morgan fingerprint density at radius 1 is 1.19 bits per heavy atom. The zero-order valence-corrected chi connectivity index (χ0v) is 16.4. The lowest BCUT2D eigenvalue weighted by atomic mass is 9.78. The van der Waals surface area contributed by atoms with Gasteiger partial charge in [-0.1, -0.05) is 26.8 Å². The molecule has 4 atom stereocenters. The van der Waals surface area contributed by atoms with Crippen molar-refractivity contribution < 1.29 is 23.9 Å². The van der Waals surface area contributed by atoms with Crippen LogP contribution in [0.2, 0.25) is 0 Å². The molecule has 0 aromatic heterocycles. The molecule has 3 aliphatic rings. The van der Waals surface area contributed by atoms with Crippen molar-refractivity contribution in [2.45, 2.75) is 59.5 Å². The summed E-state index contributed by atoms with van der Waals surface area (Å²) in [5.74, 6) is -0.376. The van der Waals surface area contributed by atoms with E-state index < -0.39 is 17.7 Å². The normalized spacial score (nSPS) is 32.6. The summed E-state index contributed by atoms with van der Waals surface area (Å²) >= 11 is 0. The Morgan fingerprint density at radius 2 is 1.77 bits per heavy atom. The molecule has 26 heavy (non-hydrogen) atoms. The number of nitrogens with zero attached hydrogens (tertiary/aromatic N) is 2. The molecule has 2 amide bonds. The molecule has 7 heteroatoms. The van der Waals surface area contributed by atoms with Gasteiger partial charge >= 0.3 is 12.2 Å². The van der Waals surface area contributed by atoms with E-state index in [1.807, 2.05) is 33.8 Å². The number of carbonyl (C=O) groups excluding carboxylic acids is 3. The standard InChI is InChI=1S/C19H28N2O5/c1-7-25-16(23)20-13-10-19(6,21(20)17(24)26-8-2)14-11(13)9-12(15(14)22)18(3,4)5/h9,11,13-14H,7-8,10H2,1-6H3/t11-,13+,14+,19-/m1/s1. The fraction of sp³-hybridized carbons (Fsp3) is 0.737. The average molecular weight is 364 g/mol. The molecule has 1 saturated carbocycles. The van der Waals surface area contributed by atoms with Crippen molar-refractivity contribution in [1.82, 2.24) is 10.0 Å². The predicted molar refractivity (Wildman–Crippen MR) is 94.1 cm³/mol. The largest absolute Gasteiger partial charge is 0.448 e. The molecule has 1 saturated heterocycles. The van der Waals surface area contributed by atoms with E-state index in [0.717, 1.165) is 5.57 Å². The lowest BCUT2D eigenvalue weighted by Gasteiger charge is -2.46. The van der Waals surface area contributed by atoms with Crippen LogP contribution < -0.4 is 0 Å². The number of hydrazine groups is 1. The average Bonchev–Trinajstić information content (AvgIpc) is 3.12. The molecule has 1 aliphatic heterocycles. The fourth-order valence-corrected chi connectivity index (χ4v) is 4.80. The monoisotopic (exact) mass is 364 g/mol. The van der Waals surface area contributed by atoms with Crippen molar-refractivity contribution in [3.8, 4) is 0 Å². The number of carbonyl (C=O) groups is 3. The first kappa shape index (κ1) is 18.7. The molecular formula is C19H28N2O5. The number of allylic oxidation sites excluding steroid dienone is 1. The summed E-state index contributed by atoms with van der Waals surface area (Å²) in [6.07, 6.45) is 1.37. The maximum atomic E-state index is 13.2. The van der Waals surface area contributed by atoms with E-state index in [2.05, 4.69) is 0 Å². The minimum absolute atomic E-state index is 0.0744. The summed E-state index contributed by atoms with van der Waals surface area (Å²) in [5.41, 5.74) is -0.298. The van der Waals surface area contributed by atoms with Gasteiger partial charge in [0.05, 0.1) is 30.7 Å². The third kappa shape index (κ3) is 2.43. The fourth-order valence-electron chi connectivity index (χ4n) is 4.80. The Balaban J connectivity index is 2.04. The number of hydrogen-bond acceptors (Lipinski definition) is 5. The quantitative estimate of drug-likeness (QED) is 0.752. The molecule has 0 unspecified atom stereocenters. The molecule has 2 aliphatic carbocycles. The van der Waals surface area contributed by atoms with Crippen molar-refractivity contribution in [3.63, 3.8) is 0 Å². The number of amides is 2. The van der Waals surface area contributed by atoms with Crippen LogP contribution in [0.5, 0.6) is 0 Å². The maximum absolute atomic E-state index is 13.2. The Morgan fingerprint density at radius 3 is 2.31 bits per heavy atom. The lowest BCUT2D eigenvalue weighted by molar-refractivity contribution is -0.133. The van der Waals surface area contributed by atoms with E-state index >= 15 is 0 Å². The first-order valence-electron chi connectivity index (χ1n) is 9.27. The van der Waals surface area contributed by atoms with Gasteiger partial charge < -0.3 is 9.47 Å². The molecule has 0 aromatic carbocycles. The van der Waals surface area contributed by atoms with Gasteiger partial charge in [-0.15, -0.1) is 0 Å². The minimum Gasteiger partial charge on any atom is -0.448 e. The molecule has 0 spiro atoms. The van der Waals surface area contributed by atoms with Crippen LogP contribution in [0, 0.1) is 17.3 Å². The van der Waals surface area contributed by atoms with Crippen molar-refractivity contribution in [2.24, 2.45) is 17.3 Å². The van der Waals surface area contributed by atoms with Gasteiger partial charge in [0, 0.05) is 5.92 Å². The second kappa shape index (κ2) is 5.99. The third-order valence-corrected chi connectivity index (χ3v) is 5.75. The van der Waals surface area contributed by atoms with Crippen LogP contribution >= 0.6 is 0 Å². The molecule has 144 valence electrons. The first-order valence-corrected chi connectivity index (χ1v) is 9.27. The van der Waals surface area contributed by atoms with Crippen molar-refractivity contribution in [2.75, 3.05) is 13.2 Å². The molecule has 0 aromatic rings. The van der Waals surface area contributed by atoms with Gasteiger partial charge in [0.15, 0.2) is 5.78 Å². The van der Waals surface area contributed by atoms with Gasteiger partial charge in [-0.25, -0.2) is 19.6 Å². The van der Waals surface area contributed by atoms with E-state index in [9.17, 15) is 14.4 Å². The second-order valence-corrected chi connectivity index (χ2v) is 8.43. The summed E-state index contributed by atoms with van der Waals surface area (Å²) in [6, 6.07) is -0.280. The van der Waals surface area contributed by atoms with E-state index in [1.165, 1.54) is 10.0 Å². The van der Waals surface area contributed by atoms with E-state index in [4.69, 9.17) is 9.47 Å². The van der Waals surface area contributed by atoms with Crippen LogP contribution in [0.15, 0.2) is 11.6 Å². The number of ether oxygens (including phenoxy) is 2. The molecule has 0 radical (unpaired) electrons. The van der Waals surface area contributed by atoms with Gasteiger partial charge in [-0.05, 0) is 38.2 Å². The zero-order chi connectivity index (χ0) is 19.4. The highest BCUT2D eigenvalue weighted by Gasteiger charge is 2.70. The molecule has 7 nitrogen and oxygen atoms in total. The van der Waals surface area contributed by atoms with Crippen LogP contribution in [0.25, 0.3) is 0 Å². The van der Waals surface area contributed by atoms with Crippen LogP contribution in [0.3, 0.4) is 0 Å². The van der Waals surface area contributed by atoms with E-state index in [1.54, 1.807) is 13.8 Å². The minimum atomic E-state index is -0.797. The molecule has 3 rings (SSSR count). The van der Waals surface area contributed by atoms with Gasteiger partial charge in [0.2, 0.25) is 0 Å². The van der Waals surface area contributed by atoms with E-state index in [-0.39, 0.29) is 42.3 Å². The molecule has 2 fully saturated rings. The molecule has 0 N–H and O–H groups in total. The number of rotatable bonds is 2. The Bertz CT molecular complexity index is 680. The van der Waals surface area contributed by atoms with E-state index in [0.29, 0.717) is 6.42 Å². The molecule has 2 bridgehead atoms. The number of hydrogen-bond donors (Lipinski definition) is 0. The highest BCUT2D eigenvalue weighted by atomic mass is 16.6. The van der Waals surface area contributed by atoms with Crippen molar-refractivity contribution in [3.05, 3.63) is 11.6 Å². The van der Waals surface area contributed by atoms with Crippen LogP contribution in [0.4, 0.5) is 9.59 Å². The van der Waals surface area contributed by atoms with Crippen molar-refractivity contribution >= 4 is 18.0 Å². The lowest BCUT2D eigenvalue weighted by Crippen LogP contribution is -2.63. The number of ketones is 1. The van der Waals surface area contributed by atoms with Crippen LogP contribution in [0.1, 0.15) is 48.0 Å². The van der Waals surface area contributed by atoms with Gasteiger partial charge in [0.25, 0.3) is 0 Å². The van der Waals surface area contributed by atoms with Gasteiger partial charge in [-0.2, -0.15) is 0 Å². The maximum Gasteiger partial charge on any atom is 0.429 e. The molecular weight excluding hydrogens is 336 g/mol. The summed E-state index contributed by atoms with van der Waals surface area (Å²) < 4.78 is 10.4. The zero-order valence-electron chi connectivity index (χ0n) is 16.4. The first-order chi connectivity index (χ1) is 12.1. The summed E-state index contributed by atoms with van der Waals surface area (Å²) in [4.78, 5) is 38.4. The van der Waals surface area contributed by atoms with Crippen LogP contribution in [-0.2, 0) is 14.3 Å². The predicted octanol–water partition coefficient (Wildman–Crippen LogP) is 3.15. The summed E-state index contributed by atoms with van der Waals surface area (Å²) in [6.45, 7) is 11.7. The highest BCUT2D eigenvalue weighted by molar-refractivity contribution is 6.03. The summed E-state index contributed by atoms with van der Waals surface area (Å²) in [7, 11) is 0. The Labute approximate surface area is 154 Å². The number of Topliss-reactive ketones (excluding diaryl/α,β-unsaturated/α-hetero) is 1. The number of fused-ring (bicyclic) bond motifs is 5. The summed E-state index contributed by atoms with van der Waals surface area (Å²) in [5, 5.41) is 2.70. The third-order valence-electron chi connectivity index (χ3n) is 5.75. The Kier molecular flexibility index (Phi) is 4.32. The Hall–Kier alpha value is -2.05. The van der Waals surface area contributed by atoms with Crippen molar-refractivity contribution in [1.29, 1.82) is 0 Å².